The van der Waals surface area contributed by atoms with Crippen molar-refractivity contribution in [2.24, 2.45) is 0 Å². The fourth-order valence-corrected chi connectivity index (χ4v) is 3.46. The molecular weight excluding hydrogens is 419 g/mol. The van der Waals surface area contributed by atoms with E-state index in [1.165, 1.54) is 0 Å². The second-order valence-electron chi connectivity index (χ2n) is 6.43. The van der Waals surface area contributed by atoms with Gasteiger partial charge in [0.1, 0.15) is 11.6 Å². The zero-order valence-corrected chi connectivity index (χ0v) is 17.2. The number of aromatic nitrogens is 3. The highest BCUT2D eigenvalue weighted by atomic mass is 35.5. The van der Waals surface area contributed by atoms with E-state index in [2.05, 4.69) is 26.7 Å². The predicted molar refractivity (Wildman–Crippen MR) is 121 cm³/mol. The van der Waals surface area contributed by atoms with Crippen LogP contribution in [-0.4, -0.2) is 28.0 Å². The van der Waals surface area contributed by atoms with Gasteiger partial charge in [-0.3, -0.25) is 0 Å². The molecule has 2 aromatic heterocycles. The number of anilines is 2. The van der Waals surface area contributed by atoms with Crippen LogP contribution in [0.25, 0.3) is 22.3 Å². The number of nitriles is 1. The molecule has 0 fully saturated rings. The van der Waals surface area contributed by atoms with E-state index in [9.17, 15) is 0 Å². The highest BCUT2D eigenvalue weighted by Crippen LogP contribution is 2.31. The van der Waals surface area contributed by atoms with Gasteiger partial charge in [0.05, 0.1) is 22.2 Å². The number of nitrogens with zero attached hydrogens (tertiary/aromatic N) is 4. The van der Waals surface area contributed by atoms with E-state index < -0.39 is 0 Å². The Balaban J connectivity index is 1.56. The molecule has 0 spiro atoms. The van der Waals surface area contributed by atoms with Gasteiger partial charge < -0.3 is 10.6 Å². The highest BCUT2D eigenvalue weighted by molar-refractivity contribution is 6.36. The Morgan fingerprint density at radius 1 is 0.933 bits per heavy atom. The molecule has 0 atom stereocenters. The number of para-hydroxylation sites is 1. The van der Waals surface area contributed by atoms with E-state index in [-0.39, 0.29) is 0 Å². The summed E-state index contributed by atoms with van der Waals surface area (Å²) in [4.78, 5) is 13.6. The van der Waals surface area contributed by atoms with Crippen molar-refractivity contribution in [3.63, 3.8) is 0 Å². The maximum atomic E-state index is 8.99. The summed E-state index contributed by atoms with van der Waals surface area (Å²) >= 11 is 12.4. The van der Waals surface area contributed by atoms with Crippen LogP contribution in [0.3, 0.4) is 0 Å². The van der Waals surface area contributed by atoms with Gasteiger partial charge in [0, 0.05) is 35.3 Å². The van der Waals surface area contributed by atoms with Crippen molar-refractivity contribution in [2.75, 3.05) is 23.7 Å². The van der Waals surface area contributed by atoms with Crippen molar-refractivity contribution in [3.05, 3.63) is 76.4 Å². The maximum absolute atomic E-state index is 8.99. The van der Waals surface area contributed by atoms with Crippen LogP contribution in [-0.2, 0) is 0 Å². The first-order valence-electron chi connectivity index (χ1n) is 9.20. The molecule has 0 saturated heterocycles. The first-order valence-corrected chi connectivity index (χ1v) is 9.96. The predicted octanol–water partition coefficient (Wildman–Crippen LogP) is 5.39. The van der Waals surface area contributed by atoms with Crippen LogP contribution in [0.1, 0.15) is 5.56 Å². The van der Waals surface area contributed by atoms with Crippen molar-refractivity contribution in [2.45, 2.75) is 0 Å². The molecule has 0 unspecified atom stereocenters. The molecule has 0 aliphatic rings. The molecule has 2 aromatic carbocycles. The first kappa shape index (κ1) is 19.9. The molecular formula is C22H16Cl2N6. The van der Waals surface area contributed by atoms with Gasteiger partial charge in [-0.25, -0.2) is 15.0 Å². The largest absolute Gasteiger partial charge is 0.368 e. The zero-order chi connectivity index (χ0) is 20.9. The summed E-state index contributed by atoms with van der Waals surface area (Å²) in [5.41, 5.74) is 2.09. The first-order chi connectivity index (χ1) is 14.6. The molecule has 0 aliphatic carbocycles. The molecule has 0 saturated carbocycles. The van der Waals surface area contributed by atoms with E-state index in [0.717, 1.165) is 10.9 Å². The number of hydrogen-bond donors (Lipinski definition) is 2. The molecule has 0 bridgehead atoms. The topological polar surface area (TPSA) is 86.5 Å². The Labute approximate surface area is 183 Å². The summed E-state index contributed by atoms with van der Waals surface area (Å²) in [6, 6.07) is 18.5. The van der Waals surface area contributed by atoms with Crippen LogP contribution >= 0.6 is 23.2 Å². The lowest BCUT2D eigenvalue weighted by atomic mass is 10.2. The van der Waals surface area contributed by atoms with Gasteiger partial charge in [0.15, 0.2) is 5.82 Å². The number of nitrogens with one attached hydrogen (secondary N) is 2. The minimum atomic E-state index is 0.494. The van der Waals surface area contributed by atoms with Gasteiger partial charge in [0.25, 0.3) is 0 Å². The Morgan fingerprint density at radius 3 is 2.60 bits per heavy atom. The molecule has 2 N–H and O–H groups in total. The zero-order valence-electron chi connectivity index (χ0n) is 15.7. The Hall–Kier alpha value is -3.40. The molecule has 4 rings (SSSR count). The molecule has 0 aliphatic heterocycles. The molecule has 2 heterocycles. The third-order valence-electron chi connectivity index (χ3n) is 4.39. The summed E-state index contributed by atoms with van der Waals surface area (Å²) < 4.78 is 0. The normalized spacial score (nSPS) is 10.6. The van der Waals surface area contributed by atoms with Crippen molar-refractivity contribution in [1.29, 1.82) is 5.26 Å². The lowest BCUT2D eigenvalue weighted by Gasteiger charge is -2.12. The van der Waals surface area contributed by atoms with E-state index in [4.69, 9.17) is 33.4 Å². The number of fused-ring (bicyclic) bond motifs is 1. The smallest absolute Gasteiger partial charge is 0.163 e. The van der Waals surface area contributed by atoms with Crippen LogP contribution in [0.4, 0.5) is 11.6 Å². The summed E-state index contributed by atoms with van der Waals surface area (Å²) in [5.74, 6) is 1.88. The molecule has 30 heavy (non-hydrogen) atoms. The van der Waals surface area contributed by atoms with Crippen molar-refractivity contribution >= 4 is 45.7 Å². The molecule has 0 amide bonds. The van der Waals surface area contributed by atoms with Crippen LogP contribution < -0.4 is 10.6 Å². The van der Waals surface area contributed by atoms with Crippen LogP contribution in [0, 0.1) is 11.3 Å². The van der Waals surface area contributed by atoms with E-state index >= 15 is 0 Å². The third-order valence-corrected chi connectivity index (χ3v) is 4.94. The maximum Gasteiger partial charge on any atom is 0.163 e. The molecule has 0 radical (unpaired) electrons. The SMILES string of the molecule is N#Cc1ccnc(NCCNc2nc(-c3ccc(Cl)cc3Cl)nc3ccccc23)c1. The van der Waals surface area contributed by atoms with Gasteiger partial charge in [-0.1, -0.05) is 35.3 Å². The van der Waals surface area contributed by atoms with Gasteiger partial charge >= 0.3 is 0 Å². The van der Waals surface area contributed by atoms with Crippen molar-refractivity contribution in [3.8, 4) is 17.5 Å². The van der Waals surface area contributed by atoms with E-state index in [1.807, 2.05) is 30.3 Å². The number of pyridine rings is 1. The Bertz CT molecular complexity index is 1250. The molecule has 148 valence electrons. The fraction of sp³-hybridized carbons (Fsp3) is 0.0909. The van der Waals surface area contributed by atoms with Gasteiger partial charge in [-0.05, 0) is 42.5 Å². The quantitative estimate of drug-likeness (QED) is 0.395. The summed E-state index contributed by atoms with van der Waals surface area (Å²) in [7, 11) is 0. The lowest BCUT2D eigenvalue weighted by Crippen LogP contribution is -2.15. The fourth-order valence-electron chi connectivity index (χ4n) is 2.97. The van der Waals surface area contributed by atoms with E-state index in [0.29, 0.717) is 51.7 Å². The average molecular weight is 435 g/mol. The minimum Gasteiger partial charge on any atom is -0.368 e. The highest BCUT2D eigenvalue weighted by Gasteiger charge is 2.12. The van der Waals surface area contributed by atoms with Crippen LogP contribution in [0.5, 0.6) is 0 Å². The lowest BCUT2D eigenvalue weighted by molar-refractivity contribution is 1.04. The van der Waals surface area contributed by atoms with Crippen molar-refractivity contribution < 1.29 is 0 Å². The summed E-state index contributed by atoms with van der Waals surface area (Å²) in [6.07, 6.45) is 1.61. The minimum absolute atomic E-state index is 0.494. The van der Waals surface area contributed by atoms with Gasteiger partial charge in [-0.15, -0.1) is 0 Å². The van der Waals surface area contributed by atoms with E-state index in [1.54, 1.807) is 30.5 Å². The number of rotatable bonds is 6. The average Bonchev–Trinajstić information content (AvgIpc) is 2.76. The van der Waals surface area contributed by atoms with Crippen molar-refractivity contribution in [1.82, 2.24) is 15.0 Å². The molecule has 4 aromatic rings. The molecule has 6 nitrogen and oxygen atoms in total. The number of halogens is 2. The third kappa shape index (κ3) is 4.43. The summed E-state index contributed by atoms with van der Waals surface area (Å²) in [6.45, 7) is 1.19. The second-order valence-corrected chi connectivity index (χ2v) is 7.28. The number of benzene rings is 2. The molecule has 8 heteroatoms. The van der Waals surface area contributed by atoms with Gasteiger partial charge in [-0.2, -0.15) is 5.26 Å². The van der Waals surface area contributed by atoms with Crippen LogP contribution in [0.15, 0.2) is 60.8 Å². The van der Waals surface area contributed by atoms with Gasteiger partial charge in [0.2, 0.25) is 0 Å². The number of hydrogen-bond acceptors (Lipinski definition) is 6. The Morgan fingerprint density at radius 2 is 1.77 bits per heavy atom. The van der Waals surface area contributed by atoms with Crippen LogP contribution in [0.2, 0.25) is 10.0 Å². The standard InChI is InChI=1S/C22H16Cl2N6/c23-15-5-6-16(18(24)12-15)22-29-19-4-2-1-3-17(19)21(30-22)28-10-9-27-20-11-14(13-25)7-8-26-20/h1-8,11-12H,9-10H2,(H,26,27)(H,28,29,30). The Kier molecular flexibility index (Phi) is 5.94. The second kappa shape index (κ2) is 8.95. The summed E-state index contributed by atoms with van der Waals surface area (Å²) in [5, 5.41) is 17.5. The monoisotopic (exact) mass is 434 g/mol.